The lowest BCUT2D eigenvalue weighted by atomic mass is 10.2. The van der Waals surface area contributed by atoms with E-state index in [0.717, 1.165) is 68.5 Å². The average molecular weight is 391 g/mol. The maximum absolute atomic E-state index is 11.7. The molecule has 0 atom stereocenters. The molecule has 1 aromatic carbocycles. The Kier molecular flexibility index (Phi) is 6.90. The Labute approximate surface area is 165 Å². The molecule has 1 aromatic heterocycles. The molecule has 0 saturated carbocycles. The van der Waals surface area contributed by atoms with Gasteiger partial charge in [0.25, 0.3) is 0 Å². The van der Waals surface area contributed by atoms with Gasteiger partial charge in [0.1, 0.15) is 11.3 Å². The van der Waals surface area contributed by atoms with Crippen LogP contribution in [0.5, 0.6) is 5.75 Å². The molecule has 0 unspecified atom stereocenters. The van der Waals surface area contributed by atoms with E-state index in [4.69, 9.17) is 9.72 Å². The van der Waals surface area contributed by atoms with Gasteiger partial charge in [-0.3, -0.25) is 9.69 Å². The van der Waals surface area contributed by atoms with Gasteiger partial charge in [0.15, 0.2) is 5.13 Å². The number of anilines is 1. The summed E-state index contributed by atoms with van der Waals surface area (Å²) in [4.78, 5) is 21.3. The number of thiazole rings is 1. The standard InChI is InChI=1S/C20H30N4O2S/c1-4-5-6-17(25)21-9-10-23-11-13-24(14-12-23)20-22-18-16(26-3)8-7-15(2)19(18)27-20/h7-8H,4-6,9-14H2,1-3H3,(H,21,25). The fourth-order valence-electron chi connectivity index (χ4n) is 3.34. The summed E-state index contributed by atoms with van der Waals surface area (Å²) in [5.41, 5.74) is 2.21. The maximum Gasteiger partial charge on any atom is 0.220 e. The molecule has 0 spiro atoms. The van der Waals surface area contributed by atoms with Gasteiger partial charge in [-0.2, -0.15) is 0 Å². The van der Waals surface area contributed by atoms with E-state index < -0.39 is 0 Å². The van der Waals surface area contributed by atoms with Crippen LogP contribution in [0, 0.1) is 6.92 Å². The van der Waals surface area contributed by atoms with Crippen molar-refractivity contribution in [3.8, 4) is 5.75 Å². The van der Waals surface area contributed by atoms with Crippen LogP contribution in [0.3, 0.4) is 0 Å². The minimum atomic E-state index is 0.175. The topological polar surface area (TPSA) is 57.7 Å². The minimum Gasteiger partial charge on any atom is -0.494 e. The lowest BCUT2D eigenvalue weighted by Gasteiger charge is -2.34. The van der Waals surface area contributed by atoms with E-state index in [1.165, 1.54) is 10.3 Å². The van der Waals surface area contributed by atoms with E-state index in [0.29, 0.717) is 6.42 Å². The molecule has 2 heterocycles. The summed E-state index contributed by atoms with van der Waals surface area (Å²) in [5.74, 6) is 1.02. The zero-order chi connectivity index (χ0) is 19.2. The number of aryl methyl sites for hydroxylation is 1. The number of rotatable bonds is 8. The maximum atomic E-state index is 11.7. The second kappa shape index (κ2) is 9.37. The number of nitrogens with one attached hydrogen (secondary N) is 1. The van der Waals surface area contributed by atoms with Crippen molar-refractivity contribution in [2.24, 2.45) is 0 Å². The van der Waals surface area contributed by atoms with Crippen LogP contribution in [-0.4, -0.2) is 62.2 Å². The molecule has 1 fully saturated rings. The number of unbranched alkanes of at least 4 members (excludes halogenated alkanes) is 1. The number of aromatic nitrogens is 1. The highest BCUT2D eigenvalue weighted by atomic mass is 32.1. The molecule has 1 amide bonds. The molecular formula is C20H30N4O2S. The number of carbonyl (C=O) groups is 1. The van der Waals surface area contributed by atoms with Crippen molar-refractivity contribution < 1.29 is 9.53 Å². The Morgan fingerprint density at radius 1 is 1.30 bits per heavy atom. The number of nitrogens with zero attached hydrogens (tertiary/aromatic N) is 3. The number of carbonyl (C=O) groups excluding carboxylic acids is 1. The van der Waals surface area contributed by atoms with E-state index in [1.54, 1.807) is 18.4 Å². The van der Waals surface area contributed by atoms with Gasteiger partial charge < -0.3 is 15.0 Å². The molecule has 2 aromatic rings. The van der Waals surface area contributed by atoms with E-state index in [1.807, 2.05) is 6.07 Å². The Morgan fingerprint density at radius 2 is 2.07 bits per heavy atom. The van der Waals surface area contributed by atoms with Crippen LogP contribution in [-0.2, 0) is 4.79 Å². The number of fused-ring (bicyclic) bond motifs is 1. The number of methoxy groups -OCH3 is 1. The Morgan fingerprint density at radius 3 is 2.78 bits per heavy atom. The van der Waals surface area contributed by atoms with Crippen LogP contribution in [0.2, 0.25) is 0 Å². The van der Waals surface area contributed by atoms with Gasteiger partial charge in [0.05, 0.1) is 11.8 Å². The summed E-state index contributed by atoms with van der Waals surface area (Å²) in [6.07, 6.45) is 2.67. The number of piperazine rings is 1. The summed E-state index contributed by atoms with van der Waals surface area (Å²) in [6.45, 7) is 9.80. The monoisotopic (exact) mass is 390 g/mol. The van der Waals surface area contributed by atoms with Crippen LogP contribution in [0.1, 0.15) is 31.7 Å². The second-order valence-electron chi connectivity index (χ2n) is 7.04. The molecular weight excluding hydrogens is 360 g/mol. The Hall–Kier alpha value is -1.86. The van der Waals surface area contributed by atoms with E-state index in [-0.39, 0.29) is 5.91 Å². The van der Waals surface area contributed by atoms with Crippen LogP contribution < -0.4 is 15.0 Å². The molecule has 0 bridgehead atoms. The van der Waals surface area contributed by atoms with Crippen LogP contribution in [0.15, 0.2) is 12.1 Å². The molecule has 6 nitrogen and oxygen atoms in total. The predicted molar refractivity (Wildman–Crippen MR) is 112 cm³/mol. The highest BCUT2D eigenvalue weighted by Gasteiger charge is 2.21. The normalized spacial score (nSPS) is 15.3. The van der Waals surface area contributed by atoms with Gasteiger partial charge in [-0.15, -0.1) is 0 Å². The van der Waals surface area contributed by atoms with E-state index in [9.17, 15) is 4.79 Å². The summed E-state index contributed by atoms with van der Waals surface area (Å²) in [7, 11) is 1.70. The first-order valence-corrected chi connectivity index (χ1v) is 10.6. The lowest BCUT2D eigenvalue weighted by Crippen LogP contribution is -2.48. The number of amides is 1. The van der Waals surface area contributed by atoms with Crippen LogP contribution >= 0.6 is 11.3 Å². The molecule has 1 saturated heterocycles. The van der Waals surface area contributed by atoms with Gasteiger partial charge in [-0.25, -0.2) is 4.98 Å². The minimum absolute atomic E-state index is 0.175. The number of benzene rings is 1. The molecule has 0 aliphatic carbocycles. The first-order valence-electron chi connectivity index (χ1n) is 9.80. The van der Waals surface area contributed by atoms with Crippen molar-refractivity contribution in [1.29, 1.82) is 0 Å². The zero-order valence-electron chi connectivity index (χ0n) is 16.6. The molecule has 0 radical (unpaired) electrons. The highest BCUT2D eigenvalue weighted by molar-refractivity contribution is 7.22. The van der Waals surface area contributed by atoms with Crippen molar-refractivity contribution >= 4 is 32.6 Å². The summed E-state index contributed by atoms with van der Waals surface area (Å²) < 4.78 is 6.68. The summed E-state index contributed by atoms with van der Waals surface area (Å²) >= 11 is 1.75. The first kappa shape index (κ1) is 19.9. The van der Waals surface area contributed by atoms with Gasteiger partial charge in [0, 0.05) is 45.7 Å². The van der Waals surface area contributed by atoms with Crippen molar-refractivity contribution in [3.05, 3.63) is 17.7 Å². The van der Waals surface area contributed by atoms with Crippen molar-refractivity contribution in [2.75, 3.05) is 51.3 Å². The van der Waals surface area contributed by atoms with Gasteiger partial charge >= 0.3 is 0 Å². The SMILES string of the molecule is CCCCC(=O)NCCN1CCN(c2nc3c(OC)ccc(C)c3s2)CC1. The molecule has 3 rings (SSSR count). The van der Waals surface area contributed by atoms with Crippen molar-refractivity contribution in [2.45, 2.75) is 33.1 Å². The molecule has 1 N–H and O–H groups in total. The van der Waals surface area contributed by atoms with Crippen molar-refractivity contribution in [3.63, 3.8) is 0 Å². The van der Waals surface area contributed by atoms with E-state index in [2.05, 4.69) is 35.0 Å². The second-order valence-corrected chi connectivity index (χ2v) is 8.02. The zero-order valence-corrected chi connectivity index (χ0v) is 17.4. The Balaban J connectivity index is 1.51. The quantitative estimate of drug-likeness (QED) is 0.751. The van der Waals surface area contributed by atoms with Gasteiger partial charge in [-0.1, -0.05) is 30.7 Å². The van der Waals surface area contributed by atoms with Crippen LogP contribution in [0.25, 0.3) is 10.2 Å². The van der Waals surface area contributed by atoms with Crippen LogP contribution in [0.4, 0.5) is 5.13 Å². The van der Waals surface area contributed by atoms with Gasteiger partial charge in [-0.05, 0) is 25.0 Å². The molecule has 27 heavy (non-hydrogen) atoms. The number of hydrogen-bond acceptors (Lipinski definition) is 6. The van der Waals surface area contributed by atoms with E-state index >= 15 is 0 Å². The van der Waals surface area contributed by atoms with Crippen molar-refractivity contribution in [1.82, 2.24) is 15.2 Å². The summed E-state index contributed by atoms with van der Waals surface area (Å²) in [6, 6.07) is 4.09. The number of hydrogen-bond donors (Lipinski definition) is 1. The molecule has 148 valence electrons. The smallest absolute Gasteiger partial charge is 0.220 e. The molecule has 1 aliphatic heterocycles. The van der Waals surface area contributed by atoms with Gasteiger partial charge in [0.2, 0.25) is 5.91 Å². The molecule has 7 heteroatoms. The highest BCUT2D eigenvalue weighted by Crippen LogP contribution is 2.36. The Bertz CT molecular complexity index is 769. The molecule has 1 aliphatic rings. The fourth-order valence-corrected chi connectivity index (χ4v) is 4.44. The lowest BCUT2D eigenvalue weighted by molar-refractivity contribution is -0.121. The number of ether oxygens (including phenoxy) is 1. The third kappa shape index (κ3) is 4.90. The average Bonchev–Trinajstić information content (AvgIpc) is 3.13. The first-order chi connectivity index (χ1) is 13.1. The predicted octanol–water partition coefficient (Wildman–Crippen LogP) is 3.04. The fraction of sp³-hybridized carbons (Fsp3) is 0.600. The summed E-state index contributed by atoms with van der Waals surface area (Å²) in [5, 5.41) is 4.10. The third-order valence-electron chi connectivity index (χ3n) is 5.06. The third-order valence-corrected chi connectivity index (χ3v) is 6.31. The largest absolute Gasteiger partial charge is 0.494 e.